The summed E-state index contributed by atoms with van der Waals surface area (Å²) in [6.45, 7) is 4.66. The Kier molecular flexibility index (Phi) is 4.35. The summed E-state index contributed by atoms with van der Waals surface area (Å²) in [4.78, 5) is 22.5. The van der Waals surface area contributed by atoms with Crippen LogP contribution in [0, 0.1) is 24.0 Å². The minimum Gasteiger partial charge on any atom is -0.463 e. The SMILES string of the molecule is Cc1nn(C(C)C(=O)N/N=C/c2ccco2)c(C)c1[N+](=O)[O-]. The van der Waals surface area contributed by atoms with Crippen molar-refractivity contribution < 1.29 is 14.1 Å². The van der Waals surface area contributed by atoms with Gasteiger partial charge < -0.3 is 4.42 Å². The average Bonchev–Trinajstić information content (AvgIpc) is 3.05. The summed E-state index contributed by atoms with van der Waals surface area (Å²) >= 11 is 0. The molecule has 0 aliphatic carbocycles. The molecule has 1 unspecified atom stereocenters. The summed E-state index contributed by atoms with van der Waals surface area (Å²) in [7, 11) is 0. The van der Waals surface area contributed by atoms with Gasteiger partial charge in [-0.05, 0) is 32.9 Å². The molecule has 0 fully saturated rings. The number of nitro groups is 1. The number of rotatable bonds is 5. The van der Waals surface area contributed by atoms with Gasteiger partial charge in [0.1, 0.15) is 23.2 Å². The molecule has 0 spiro atoms. The number of carbonyl (C=O) groups is 1. The lowest BCUT2D eigenvalue weighted by Gasteiger charge is -2.11. The molecule has 0 bridgehead atoms. The maximum absolute atomic E-state index is 12.0. The lowest BCUT2D eigenvalue weighted by Crippen LogP contribution is -2.28. The third kappa shape index (κ3) is 3.03. The van der Waals surface area contributed by atoms with Gasteiger partial charge in [-0.25, -0.2) is 5.43 Å². The third-order valence-electron chi connectivity index (χ3n) is 3.13. The zero-order valence-corrected chi connectivity index (χ0v) is 12.3. The van der Waals surface area contributed by atoms with Crippen molar-refractivity contribution in [3.05, 3.63) is 45.7 Å². The van der Waals surface area contributed by atoms with Gasteiger partial charge in [0.15, 0.2) is 0 Å². The number of nitrogens with zero attached hydrogens (tertiary/aromatic N) is 4. The Morgan fingerprint density at radius 1 is 1.59 bits per heavy atom. The van der Waals surface area contributed by atoms with E-state index in [1.54, 1.807) is 26.0 Å². The highest BCUT2D eigenvalue weighted by Crippen LogP contribution is 2.24. The van der Waals surface area contributed by atoms with Gasteiger partial charge >= 0.3 is 5.69 Å². The number of aromatic nitrogens is 2. The van der Waals surface area contributed by atoms with Gasteiger partial charge in [0.25, 0.3) is 5.91 Å². The molecule has 2 heterocycles. The number of hydrogen-bond donors (Lipinski definition) is 1. The predicted molar refractivity (Wildman–Crippen MR) is 77.5 cm³/mol. The van der Waals surface area contributed by atoms with E-state index >= 15 is 0 Å². The second-order valence-electron chi connectivity index (χ2n) is 4.65. The standard InChI is InChI=1S/C13H15N5O4/c1-8-12(18(20)21)9(2)17(16-8)10(3)13(19)15-14-7-11-5-4-6-22-11/h4-7,10H,1-3H3,(H,15,19)/b14-7+. The van der Waals surface area contributed by atoms with Crippen molar-refractivity contribution >= 4 is 17.8 Å². The van der Waals surface area contributed by atoms with E-state index in [9.17, 15) is 14.9 Å². The second-order valence-corrected chi connectivity index (χ2v) is 4.65. The van der Waals surface area contributed by atoms with Gasteiger partial charge in [-0.1, -0.05) is 0 Å². The van der Waals surface area contributed by atoms with Crippen LogP contribution in [0.5, 0.6) is 0 Å². The Morgan fingerprint density at radius 3 is 2.86 bits per heavy atom. The van der Waals surface area contributed by atoms with E-state index in [1.807, 2.05) is 0 Å². The molecule has 116 valence electrons. The molecule has 0 aliphatic heterocycles. The van der Waals surface area contributed by atoms with Crippen LogP contribution in [-0.2, 0) is 4.79 Å². The second kappa shape index (κ2) is 6.20. The highest BCUT2D eigenvalue weighted by molar-refractivity contribution is 5.82. The number of hydrogen-bond acceptors (Lipinski definition) is 6. The maximum atomic E-state index is 12.0. The average molecular weight is 305 g/mol. The topological polar surface area (TPSA) is 116 Å². The molecule has 9 nitrogen and oxygen atoms in total. The molecule has 22 heavy (non-hydrogen) atoms. The van der Waals surface area contributed by atoms with Gasteiger partial charge in [0, 0.05) is 0 Å². The van der Waals surface area contributed by atoms with E-state index in [4.69, 9.17) is 4.42 Å². The fourth-order valence-electron chi connectivity index (χ4n) is 2.02. The lowest BCUT2D eigenvalue weighted by molar-refractivity contribution is -0.386. The number of aryl methyl sites for hydroxylation is 1. The zero-order chi connectivity index (χ0) is 16.3. The molecule has 1 atom stereocenters. The van der Waals surface area contributed by atoms with Crippen molar-refractivity contribution in [1.29, 1.82) is 0 Å². The van der Waals surface area contributed by atoms with Crippen LogP contribution in [0.2, 0.25) is 0 Å². The van der Waals surface area contributed by atoms with E-state index < -0.39 is 16.9 Å². The Balaban J connectivity index is 2.11. The van der Waals surface area contributed by atoms with Crippen LogP contribution in [0.4, 0.5) is 5.69 Å². The largest absolute Gasteiger partial charge is 0.463 e. The number of nitrogens with one attached hydrogen (secondary N) is 1. The summed E-state index contributed by atoms with van der Waals surface area (Å²) in [6, 6.07) is 2.64. The van der Waals surface area contributed by atoms with Crippen molar-refractivity contribution in [1.82, 2.24) is 15.2 Å². The molecule has 2 aromatic heterocycles. The smallest absolute Gasteiger partial charge is 0.312 e. The summed E-state index contributed by atoms with van der Waals surface area (Å²) in [5.41, 5.74) is 2.84. The van der Waals surface area contributed by atoms with Crippen LogP contribution in [0.25, 0.3) is 0 Å². The van der Waals surface area contributed by atoms with Gasteiger partial charge in [-0.2, -0.15) is 10.2 Å². The van der Waals surface area contributed by atoms with E-state index in [0.29, 0.717) is 11.5 Å². The quantitative estimate of drug-likeness (QED) is 0.513. The van der Waals surface area contributed by atoms with Crippen molar-refractivity contribution in [3.63, 3.8) is 0 Å². The molecule has 1 N–H and O–H groups in total. The highest BCUT2D eigenvalue weighted by Gasteiger charge is 2.26. The summed E-state index contributed by atoms with van der Waals surface area (Å²) in [6.07, 6.45) is 2.84. The molecule has 0 radical (unpaired) electrons. The molecule has 1 amide bonds. The monoisotopic (exact) mass is 305 g/mol. The van der Waals surface area contributed by atoms with Crippen LogP contribution in [-0.4, -0.2) is 26.8 Å². The Hall–Kier alpha value is -2.97. The molecular weight excluding hydrogens is 290 g/mol. The Labute approximate surface area is 125 Å². The number of hydrazone groups is 1. The van der Waals surface area contributed by atoms with E-state index in [-0.39, 0.29) is 11.4 Å². The minimum atomic E-state index is -0.735. The van der Waals surface area contributed by atoms with Gasteiger partial charge in [-0.15, -0.1) is 0 Å². The molecule has 0 aliphatic rings. The molecule has 2 rings (SSSR count). The first kappa shape index (κ1) is 15.4. The number of amides is 1. The normalized spacial score (nSPS) is 12.5. The Bertz CT molecular complexity index is 717. The first-order valence-corrected chi connectivity index (χ1v) is 6.48. The Morgan fingerprint density at radius 2 is 2.32 bits per heavy atom. The van der Waals surface area contributed by atoms with E-state index in [1.165, 1.54) is 24.1 Å². The first-order valence-electron chi connectivity index (χ1n) is 6.48. The molecule has 2 aromatic rings. The predicted octanol–water partition coefficient (Wildman–Crippen LogP) is 1.71. The highest BCUT2D eigenvalue weighted by atomic mass is 16.6. The van der Waals surface area contributed by atoms with Crippen molar-refractivity contribution in [2.45, 2.75) is 26.8 Å². The first-order chi connectivity index (χ1) is 10.4. The van der Waals surface area contributed by atoms with Crippen molar-refractivity contribution in [3.8, 4) is 0 Å². The van der Waals surface area contributed by atoms with Gasteiger partial charge in [0.05, 0.1) is 17.4 Å². The number of carbonyl (C=O) groups excluding carboxylic acids is 1. The zero-order valence-electron chi connectivity index (χ0n) is 12.3. The third-order valence-corrected chi connectivity index (χ3v) is 3.13. The molecule has 0 aromatic carbocycles. The summed E-state index contributed by atoms with van der Waals surface area (Å²) < 4.78 is 6.34. The van der Waals surface area contributed by atoms with Gasteiger partial charge in [-0.3, -0.25) is 19.6 Å². The van der Waals surface area contributed by atoms with Crippen LogP contribution >= 0.6 is 0 Å². The molecule has 0 saturated heterocycles. The summed E-state index contributed by atoms with van der Waals surface area (Å²) in [5, 5.41) is 18.8. The lowest BCUT2D eigenvalue weighted by atomic mass is 10.3. The maximum Gasteiger partial charge on any atom is 0.312 e. The fraction of sp³-hybridized carbons (Fsp3) is 0.308. The van der Waals surface area contributed by atoms with Crippen LogP contribution in [0.1, 0.15) is 30.1 Å². The molecule has 9 heteroatoms. The minimum absolute atomic E-state index is 0.0845. The van der Waals surface area contributed by atoms with Gasteiger partial charge in [0.2, 0.25) is 0 Å². The number of furan rings is 1. The van der Waals surface area contributed by atoms with Crippen molar-refractivity contribution in [2.24, 2.45) is 5.10 Å². The molecule has 0 saturated carbocycles. The van der Waals surface area contributed by atoms with E-state index in [0.717, 1.165) is 0 Å². The van der Waals surface area contributed by atoms with Crippen LogP contribution < -0.4 is 5.43 Å². The van der Waals surface area contributed by atoms with Crippen LogP contribution in [0.3, 0.4) is 0 Å². The summed E-state index contributed by atoms with van der Waals surface area (Å²) in [5.74, 6) is 0.0537. The van der Waals surface area contributed by atoms with Crippen LogP contribution in [0.15, 0.2) is 27.9 Å². The van der Waals surface area contributed by atoms with Crippen molar-refractivity contribution in [2.75, 3.05) is 0 Å². The van der Waals surface area contributed by atoms with E-state index in [2.05, 4.69) is 15.6 Å². The fourth-order valence-corrected chi connectivity index (χ4v) is 2.02. The molecular formula is C13H15N5O4.